The number of hydrogen-bond donors (Lipinski definition) is 1. The number of rotatable bonds is 2. The summed E-state index contributed by atoms with van der Waals surface area (Å²) in [5.74, 6) is 0.340. The lowest BCUT2D eigenvalue weighted by atomic mass is 10.1. The standard InChI is InChI=1S/C16H20N2O3/c1-16(2,3)21-15(20)18-10-9-17-14(18)11-13(19)12-7-5-4-6-8-12/h4-8,11,17H,9-10H2,1-3H3/b14-11+. The van der Waals surface area contributed by atoms with Crippen molar-refractivity contribution in [3.8, 4) is 0 Å². The summed E-state index contributed by atoms with van der Waals surface area (Å²) in [5.41, 5.74) is 0.0247. The average Bonchev–Trinajstić information content (AvgIpc) is 2.86. The number of nitrogens with one attached hydrogen (secondary N) is 1. The summed E-state index contributed by atoms with van der Waals surface area (Å²) in [5, 5.41) is 3.04. The first-order valence-corrected chi connectivity index (χ1v) is 6.92. The van der Waals surface area contributed by atoms with Crippen molar-refractivity contribution in [2.45, 2.75) is 26.4 Å². The van der Waals surface area contributed by atoms with E-state index in [1.165, 1.54) is 11.0 Å². The molecule has 1 aromatic rings. The van der Waals surface area contributed by atoms with Gasteiger partial charge in [-0.25, -0.2) is 4.79 Å². The summed E-state index contributed by atoms with van der Waals surface area (Å²) in [6.07, 6.45) is 0.992. The zero-order valence-corrected chi connectivity index (χ0v) is 12.6. The third-order valence-corrected chi connectivity index (χ3v) is 2.87. The molecular formula is C16H20N2O3. The number of benzene rings is 1. The van der Waals surface area contributed by atoms with Gasteiger partial charge < -0.3 is 10.1 Å². The number of ketones is 1. The fraction of sp³-hybridized carbons (Fsp3) is 0.375. The molecule has 1 aliphatic rings. The largest absolute Gasteiger partial charge is 0.443 e. The van der Waals surface area contributed by atoms with Crippen LogP contribution < -0.4 is 5.32 Å². The molecule has 21 heavy (non-hydrogen) atoms. The highest BCUT2D eigenvalue weighted by molar-refractivity contribution is 6.05. The second-order valence-electron chi connectivity index (χ2n) is 5.82. The van der Waals surface area contributed by atoms with Crippen LogP contribution in [0.1, 0.15) is 31.1 Å². The topological polar surface area (TPSA) is 58.6 Å². The maximum Gasteiger partial charge on any atom is 0.416 e. The minimum Gasteiger partial charge on any atom is -0.443 e. The maximum atomic E-state index is 12.2. The molecule has 1 fully saturated rings. The van der Waals surface area contributed by atoms with Gasteiger partial charge in [0.2, 0.25) is 0 Å². The van der Waals surface area contributed by atoms with Crippen molar-refractivity contribution in [3.05, 3.63) is 47.8 Å². The number of ether oxygens (including phenoxy) is 1. The second kappa shape index (κ2) is 5.99. The molecule has 1 amide bonds. The van der Waals surface area contributed by atoms with Crippen LogP contribution >= 0.6 is 0 Å². The van der Waals surface area contributed by atoms with Gasteiger partial charge >= 0.3 is 6.09 Å². The summed E-state index contributed by atoms with van der Waals surface area (Å²) < 4.78 is 5.33. The zero-order valence-electron chi connectivity index (χ0n) is 12.6. The molecule has 1 N–H and O–H groups in total. The Hall–Kier alpha value is -2.30. The zero-order chi connectivity index (χ0) is 15.5. The molecule has 1 aromatic carbocycles. The number of nitrogens with zero attached hydrogens (tertiary/aromatic N) is 1. The predicted molar refractivity (Wildman–Crippen MR) is 79.8 cm³/mol. The molecule has 1 aliphatic heterocycles. The molecule has 1 saturated heterocycles. The average molecular weight is 288 g/mol. The quantitative estimate of drug-likeness (QED) is 0.671. The summed E-state index contributed by atoms with van der Waals surface area (Å²) in [4.78, 5) is 25.7. The van der Waals surface area contributed by atoms with Gasteiger partial charge in [0.15, 0.2) is 5.78 Å². The highest BCUT2D eigenvalue weighted by atomic mass is 16.6. The molecule has 0 radical (unpaired) electrons. The molecule has 112 valence electrons. The highest BCUT2D eigenvalue weighted by Crippen LogP contribution is 2.16. The first-order valence-electron chi connectivity index (χ1n) is 6.92. The number of carbonyl (C=O) groups excluding carboxylic acids is 2. The molecule has 0 bridgehead atoms. The second-order valence-corrected chi connectivity index (χ2v) is 5.82. The van der Waals surface area contributed by atoms with Gasteiger partial charge in [0.25, 0.3) is 0 Å². The van der Waals surface area contributed by atoms with Gasteiger partial charge in [-0.2, -0.15) is 0 Å². The summed E-state index contributed by atoms with van der Waals surface area (Å²) in [7, 11) is 0. The lowest BCUT2D eigenvalue weighted by Crippen LogP contribution is -2.35. The summed E-state index contributed by atoms with van der Waals surface area (Å²) >= 11 is 0. The molecule has 0 saturated carbocycles. The Morgan fingerprint density at radius 1 is 1.24 bits per heavy atom. The third-order valence-electron chi connectivity index (χ3n) is 2.87. The first-order chi connectivity index (χ1) is 9.87. The van der Waals surface area contributed by atoms with Crippen LogP contribution in [0.3, 0.4) is 0 Å². The van der Waals surface area contributed by atoms with Crippen molar-refractivity contribution < 1.29 is 14.3 Å². The van der Waals surface area contributed by atoms with E-state index < -0.39 is 11.7 Å². The molecule has 0 unspecified atom stereocenters. The Labute approximate surface area is 124 Å². The smallest absolute Gasteiger partial charge is 0.416 e. The van der Waals surface area contributed by atoms with Crippen LogP contribution in [0, 0.1) is 0 Å². The Bertz CT molecular complexity index is 559. The molecule has 0 atom stereocenters. The number of allylic oxidation sites excluding steroid dienone is 1. The van der Waals surface area contributed by atoms with E-state index in [2.05, 4.69) is 5.32 Å². The van der Waals surface area contributed by atoms with E-state index >= 15 is 0 Å². The van der Waals surface area contributed by atoms with Crippen LogP contribution in [0.5, 0.6) is 0 Å². The fourth-order valence-electron chi connectivity index (χ4n) is 1.96. The van der Waals surface area contributed by atoms with Crippen molar-refractivity contribution in [2.24, 2.45) is 0 Å². The molecule has 5 heteroatoms. The molecule has 0 aromatic heterocycles. The van der Waals surface area contributed by atoms with Crippen molar-refractivity contribution in [1.29, 1.82) is 0 Å². The molecule has 2 rings (SSSR count). The van der Waals surface area contributed by atoms with E-state index in [1.807, 2.05) is 26.8 Å². The van der Waals surface area contributed by atoms with Crippen LogP contribution in [0.4, 0.5) is 4.79 Å². The van der Waals surface area contributed by atoms with Gasteiger partial charge in [0, 0.05) is 24.7 Å². The number of hydrogen-bond acceptors (Lipinski definition) is 4. The third kappa shape index (κ3) is 4.08. The van der Waals surface area contributed by atoms with E-state index in [4.69, 9.17) is 4.74 Å². The minimum absolute atomic E-state index is 0.145. The molecule has 1 heterocycles. The normalized spacial score (nSPS) is 16.7. The van der Waals surface area contributed by atoms with E-state index in [-0.39, 0.29) is 5.78 Å². The minimum atomic E-state index is -0.561. The summed E-state index contributed by atoms with van der Waals surface area (Å²) in [6.45, 7) is 6.53. The molecule has 0 spiro atoms. The van der Waals surface area contributed by atoms with Gasteiger partial charge in [-0.3, -0.25) is 9.69 Å². The van der Waals surface area contributed by atoms with Gasteiger partial charge in [-0.15, -0.1) is 0 Å². The van der Waals surface area contributed by atoms with E-state index in [0.29, 0.717) is 24.5 Å². The molecule has 5 nitrogen and oxygen atoms in total. The Balaban J connectivity index is 2.13. The van der Waals surface area contributed by atoms with E-state index in [0.717, 1.165) is 0 Å². The van der Waals surface area contributed by atoms with Crippen molar-refractivity contribution in [3.63, 3.8) is 0 Å². The van der Waals surface area contributed by atoms with Crippen LogP contribution in [-0.2, 0) is 4.74 Å². The lowest BCUT2D eigenvalue weighted by molar-refractivity contribution is 0.0339. The first kappa shape index (κ1) is 15.1. The predicted octanol–water partition coefficient (Wildman–Crippen LogP) is 2.55. The van der Waals surface area contributed by atoms with E-state index in [9.17, 15) is 9.59 Å². The summed E-state index contributed by atoms with van der Waals surface area (Å²) in [6, 6.07) is 8.95. The van der Waals surface area contributed by atoms with Crippen LogP contribution in [0.15, 0.2) is 42.2 Å². The molecular weight excluding hydrogens is 268 g/mol. The Morgan fingerprint density at radius 3 is 2.52 bits per heavy atom. The molecule has 0 aliphatic carbocycles. The van der Waals surface area contributed by atoms with Crippen molar-refractivity contribution in [2.75, 3.05) is 13.1 Å². The van der Waals surface area contributed by atoms with Crippen molar-refractivity contribution >= 4 is 11.9 Å². The van der Waals surface area contributed by atoms with E-state index in [1.54, 1.807) is 24.3 Å². The van der Waals surface area contributed by atoms with Crippen molar-refractivity contribution in [1.82, 2.24) is 10.2 Å². The number of amides is 1. The highest BCUT2D eigenvalue weighted by Gasteiger charge is 2.28. The Morgan fingerprint density at radius 2 is 1.90 bits per heavy atom. The van der Waals surface area contributed by atoms with Crippen LogP contribution in [0.25, 0.3) is 0 Å². The SMILES string of the molecule is CC(C)(C)OC(=O)N1CCN/C1=C\C(=O)c1ccccc1. The van der Waals surface area contributed by atoms with Crippen LogP contribution in [0.2, 0.25) is 0 Å². The fourth-order valence-corrected chi connectivity index (χ4v) is 1.96. The number of carbonyl (C=O) groups is 2. The maximum absolute atomic E-state index is 12.2. The lowest BCUT2D eigenvalue weighted by Gasteiger charge is -2.24. The van der Waals surface area contributed by atoms with Gasteiger partial charge in [0.1, 0.15) is 11.4 Å². The van der Waals surface area contributed by atoms with Gasteiger partial charge in [0.05, 0.1) is 0 Å². The monoisotopic (exact) mass is 288 g/mol. The van der Waals surface area contributed by atoms with Gasteiger partial charge in [-0.05, 0) is 20.8 Å². The van der Waals surface area contributed by atoms with Crippen LogP contribution in [-0.4, -0.2) is 35.5 Å². The van der Waals surface area contributed by atoms with Gasteiger partial charge in [-0.1, -0.05) is 30.3 Å². The Kier molecular flexibility index (Phi) is 4.31.